The summed E-state index contributed by atoms with van der Waals surface area (Å²) in [6.07, 6.45) is 0.737. The van der Waals surface area contributed by atoms with E-state index >= 15 is 0 Å². The van der Waals surface area contributed by atoms with Crippen LogP contribution in [0.1, 0.15) is 12.5 Å². The van der Waals surface area contributed by atoms with Crippen LogP contribution in [0.15, 0.2) is 30.3 Å². The molecule has 4 nitrogen and oxygen atoms in total. The minimum Gasteiger partial charge on any atom is -0.347 e. The van der Waals surface area contributed by atoms with Gasteiger partial charge in [-0.05, 0) is 12.5 Å². The molecule has 1 aliphatic rings. The van der Waals surface area contributed by atoms with Crippen LogP contribution in [0.2, 0.25) is 0 Å². The van der Waals surface area contributed by atoms with E-state index in [1.54, 1.807) is 4.90 Å². The highest BCUT2D eigenvalue weighted by Gasteiger charge is 2.28. The molecular formula is C15H25N3O+2. The van der Waals surface area contributed by atoms with E-state index in [2.05, 4.69) is 24.8 Å². The Hall–Kier alpha value is -1.39. The highest BCUT2D eigenvalue weighted by molar-refractivity contribution is 5.80. The third-order valence-electron chi connectivity index (χ3n) is 3.96. The lowest BCUT2D eigenvalue weighted by atomic mass is 10.1. The fraction of sp³-hybridized carbons (Fsp3) is 0.533. The maximum Gasteiger partial charge on any atom is 0.281 e. The number of carbonyl (C=O) groups is 1. The van der Waals surface area contributed by atoms with Gasteiger partial charge >= 0.3 is 0 Å². The van der Waals surface area contributed by atoms with Gasteiger partial charge < -0.3 is 15.5 Å². The second kappa shape index (κ2) is 6.68. The topological polar surface area (TPSA) is 52.4 Å². The second-order valence-corrected chi connectivity index (χ2v) is 5.32. The van der Waals surface area contributed by atoms with Crippen molar-refractivity contribution in [1.82, 2.24) is 4.90 Å². The van der Waals surface area contributed by atoms with E-state index in [-0.39, 0.29) is 11.9 Å². The number of carbonyl (C=O) groups excluding carboxylic acids is 1. The van der Waals surface area contributed by atoms with E-state index in [1.807, 2.05) is 23.1 Å². The van der Waals surface area contributed by atoms with Crippen LogP contribution in [0.3, 0.4) is 0 Å². The second-order valence-electron chi connectivity index (χ2n) is 5.32. The van der Waals surface area contributed by atoms with E-state index in [0.29, 0.717) is 0 Å². The lowest BCUT2D eigenvalue weighted by molar-refractivity contribution is -0.902. The van der Waals surface area contributed by atoms with Crippen molar-refractivity contribution in [3.8, 4) is 0 Å². The number of hydrogen-bond acceptors (Lipinski definition) is 1. The number of nitrogens with zero attached hydrogens (tertiary/aromatic N) is 1. The van der Waals surface area contributed by atoms with Crippen LogP contribution in [0.4, 0.5) is 0 Å². The molecule has 1 aromatic carbocycles. The maximum atomic E-state index is 12.4. The smallest absolute Gasteiger partial charge is 0.281 e. The van der Waals surface area contributed by atoms with Crippen molar-refractivity contribution in [3.05, 3.63) is 35.9 Å². The fourth-order valence-electron chi connectivity index (χ4n) is 2.64. The first-order valence-corrected chi connectivity index (χ1v) is 7.20. The predicted octanol–water partition coefficient (Wildman–Crippen LogP) is -1.41. The molecular weight excluding hydrogens is 238 g/mol. The SMILES string of the molecule is CC[NH+]1CCN(C(=O)[C@H]([NH3+])Cc2ccccc2)CC1. The molecule has 1 fully saturated rings. The molecule has 0 unspecified atom stereocenters. The number of likely N-dealkylation sites (N-methyl/N-ethyl adjacent to an activating group) is 1. The van der Waals surface area contributed by atoms with Crippen LogP contribution in [-0.4, -0.2) is 49.6 Å². The molecule has 0 bridgehead atoms. The van der Waals surface area contributed by atoms with Crippen LogP contribution < -0.4 is 10.6 Å². The first kappa shape index (κ1) is 14.0. The van der Waals surface area contributed by atoms with Crippen LogP contribution in [0.25, 0.3) is 0 Å². The van der Waals surface area contributed by atoms with Crippen molar-refractivity contribution in [3.63, 3.8) is 0 Å². The molecule has 0 spiro atoms. The van der Waals surface area contributed by atoms with Gasteiger partial charge in [0.25, 0.3) is 5.91 Å². The van der Waals surface area contributed by atoms with Crippen molar-refractivity contribution in [2.75, 3.05) is 32.7 Å². The van der Waals surface area contributed by atoms with E-state index in [4.69, 9.17) is 0 Å². The van der Waals surface area contributed by atoms with E-state index in [0.717, 1.165) is 39.1 Å². The van der Waals surface area contributed by atoms with Crippen molar-refractivity contribution in [2.45, 2.75) is 19.4 Å². The number of nitrogens with one attached hydrogen (secondary N) is 1. The Labute approximate surface area is 115 Å². The number of rotatable bonds is 4. The van der Waals surface area contributed by atoms with E-state index in [1.165, 1.54) is 5.56 Å². The zero-order chi connectivity index (χ0) is 13.7. The molecule has 1 atom stereocenters. The van der Waals surface area contributed by atoms with Gasteiger partial charge in [0.1, 0.15) is 0 Å². The highest BCUT2D eigenvalue weighted by Crippen LogP contribution is 2.03. The van der Waals surface area contributed by atoms with Gasteiger partial charge in [-0.2, -0.15) is 0 Å². The monoisotopic (exact) mass is 263 g/mol. The molecule has 4 N–H and O–H groups in total. The summed E-state index contributed by atoms with van der Waals surface area (Å²) in [5.41, 5.74) is 5.24. The minimum absolute atomic E-state index is 0.162. The van der Waals surface area contributed by atoms with Crippen molar-refractivity contribution in [1.29, 1.82) is 0 Å². The quantitative estimate of drug-likeness (QED) is 0.689. The molecule has 0 aliphatic carbocycles. The number of hydrogen-bond donors (Lipinski definition) is 2. The Bertz CT molecular complexity index is 399. The van der Waals surface area contributed by atoms with Crippen LogP contribution in [0.5, 0.6) is 0 Å². The molecule has 1 heterocycles. The Kier molecular flexibility index (Phi) is 4.93. The summed E-state index contributed by atoms with van der Waals surface area (Å²) in [5, 5.41) is 0. The predicted molar refractivity (Wildman–Crippen MR) is 74.6 cm³/mol. The van der Waals surface area contributed by atoms with E-state index in [9.17, 15) is 4.79 Å². The van der Waals surface area contributed by atoms with Gasteiger partial charge in [-0.1, -0.05) is 30.3 Å². The van der Waals surface area contributed by atoms with Gasteiger partial charge in [-0.3, -0.25) is 4.79 Å². The van der Waals surface area contributed by atoms with Gasteiger partial charge in [0.15, 0.2) is 6.04 Å². The summed E-state index contributed by atoms with van der Waals surface area (Å²) < 4.78 is 0. The average Bonchev–Trinajstić information content (AvgIpc) is 2.47. The Balaban J connectivity index is 1.86. The summed E-state index contributed by atoms with van der Waals surface area (Å²) in [7, 11) is 0. The largest absolute Gasteiger partial charge is 0.347 e. The van der Waals surface area contributed by atoms with Gasteiger partial charge in [-0.25, -0.2) is 0 Å². The number of benzene rings is 1. The number of piperazine rings is 1. The minimum atomic E-state index is -0.162. The Morgan fingerprint density at radius 3 is 2.53 bits per heavy atom. The lowest BCUT2D eigenvalue weighted by Crippen LogP contribution is -3.14. The van der Waals surface area contributed by atoms with Crippen molar-refractivity contribution < 1.29 is 15.4 Å². The van der Waals surface area contributed by atoms with Gasteiger partial charge in [-0.15, -0.1) is 0 Å². The lowest BCUT2D eigenvalue weighted by Gasteiger charge is -2.32. The molecule has 0 aromatic heterocycles. The summed E-state index contributed by atoms with van der Waals surface area (Å²) in [6, 6.07) is 9.97. The first-order valence-electron chi connectivity index (χ1n) is 7.20. The summed E-state index contributed by atoms with van der Waals surface area (Å²) in [5.74, 6) is 0.207. The van der Waals surface area contributed by atoms with Crippen LogP contribution in [-0.2, 0) is 11.2 Å². The van der Waals surface area contributed by atoms with Crippen molar-refractivity contribution in [2.24, 2.45) is 0 Å². The van der Waals surface area contributed by atoms with Gasteiger partial charge in [0.2, 0.25) is 0 Å². The molecule has 2 rings (SSSR count). The zero-order valence-electron chi connectivity index (χ0n) is 11.8. The molecule has 0 radical (unpaired) electrons. The normalized spacial score (nSPS) is 18.3. The molecule has 1 aliphatic heterocycles. The van der Waals surface area contributed by atoms with Crippen LogP contribution >= 0.6 is 0 Å². The van der Waals surface area contributed by atoms with Crippen LogP contribution in [0, 0.1) is 0 Å². The third-order valence-corrected chi connectivity index (χ3v) is 3.96. The molecule has 1 saturated heterocycles. The van der Waals surface area contributed by atoms with Crippen molar-refractivity contribution >= 4 is 5.91 Å². The average molecular weight is 263 g/mol. The summed E-state index contributed by atoms with van der Waals surface area (Å²) >= 11 is 0. The van der Waals surface area contributed by atoms with Gasteiger partial charge in [0, 0.05) is 6.42 Å². The molecule has 0 saturated carbocycles. The standard InChI is InChI=1S/C15H23N3O/c1-2-17-8-10-18(11-9-17)15(19)14(16)12-13-6-4-3-5-7-13/h3-7,14H,2,8-12,16H2,1H3/p+2/t14-/m1/s1. The molecule has 19 heavy (non-hydrogen) atoms. The third kappa shape index (κ3) is 3.78. The molecule has 4 heteroatoms. The fourth-order valence-corrected chi connectivity index (χ4v) is 2.64. The highest BCUT2D eigenvalue weighted by atomic mass is 16.2. The molecule has 1 amide bonds. The Morgan fingerprint density at radius 1 is 1.32 bits per heavy atom. The van der Waals surface area contributed by atoms with E-state index < -0.39 is 0 Å². The van der Waals surface area contributed by atoms with Gasteiger partial charge in [0.05, 0.1) is 32.7 Å². The summed E-state index contributed by atoms with van der Waals surface area (Å²) in [4.78, 5) is 15.9. The Morgan fingerprint density at radius 2 is 1.95 bits per heavy atom. The molecule has 1 aromatic rings. The first-order chi connectivity index (χ1) is 9.20. The summed E-state index contributed by atoms with van der Waals surface area (Å²) in [6.45, 7) is 7.25. The maximum absolute atomic E-state index is 12.4. The zero-order valence-corrected chi connectivity index (χ0v) is 11.8. The number of amides is 1. The number of quaternary nitrogens is 2. The molecule has 104 valence electrons.